The number of carbonyl (C=O) groups is 3. The van der Waals surface area contributed by atoms with Crippen molar-refractivity contribution in [3.05, 3.63) is 27.6 Å². The maximum absolute atomic E-state index is 12.1. The van der Waals surface area contributed by atoms with Crippen LogP contribution in [0.15, 0.2) is 16.2 Å². The third-order valence-corrected chi connectivity index (χ3v) is 4.32. The molecule has 3 rings (SSSR count). The van der Waals surface area contributed by atoms with Crippen molar-refractivity contribution in [2.24, 2.45) is 0 Å². The van der Waals surface area contributed by atoms with Crippen LogP contribution in [0.2, 0.25) is 0 Å². The first-order valence-electron chi connectivity index (χ1n) is 6.76. The van der Waals surface area contributed by atoms with Crippen LogP contribution in [-0.4, -0.2) is 45.8 Å². The second-order valence-electron chi connectivity index (χ2n) is 5.12. The first kappa shape index (κ1) is 15.2. The molecule has 0 aliphatic carbocycles. The number of H-pyrrole nitrogens is 1. The van der Waals surface area contributed by atoms with Gasteiger partial charge in [-0.15, -0.1) is 11.3 Å². The molecule has 1 fully saturated rings. The van der Waals surface area contributed by atoms with E-state index in [2.05, 4.69) is 20.6 Å². The molecule has 0 aromatic carbocycles. The zero-order valence-electron chi connectivity index (χ0n) is 12.1. The average Bonchev–Trinajstić information content (AvgIpc) is 3.06. The fourth-order valence-electron chi connectivity index (χ4n) is 2.24. The standard InChI is InChI=1S/C13H13N5O4S/c1-18(9(19)4-7-11(20)17-13(22)15-7)5-8-14-6-2-3-23-10(6)12(21)16-8/h2-3,7H,4-5H2,1H3,(H,14,16,21)(H2,15,17,20,22). The molecule has 2 aromatic heterocycles. The molecule has 0 spiro atoms. The topological polar surface area (TPSA) is 124 Å². The van der Waals surface area contributed by atoms with Crippen LogP contribution in [0, 0.1) is 0 Å². The van der Waals surface area contributed by atoms with Gasteiger partial charge in [0.05, 0.1) is 18.5 Å². The number of nitrogens with zero attached hydrogens (tertiary/aromatic N) is 2. The number of fused-ring (bicyclic) bond motifs is 1. The van der Waals surface area contributed by atoms with Crippen LogP contribution in [0.3, 0.4) is 0 Å². The van der Waals surface area contributed by atoms with Gasteiger partial charge in [-0.05, 0) is 11.4 Å². The van der Waals surface area contributed by atoms with Crippen LogP contribution < -0.4 is 16.2 Å². The van der Waals surface area contributed by atoms with Crippen molar-refractivity contribution in [2.75, 3.05) is 7.05 Å². The molecular formula is C13H13N5O4S. The quantitative estimate of drug-likeness (QED) is 0.652. The Morgan fingerprint density at radius 1 is 1.39 bits per heavy atom. The third kappa shape index (κ3) is 3.06. The fourth-order valence-corrected chi connectivity index (χ4v) is 2.97. The van der Waals surface area contributed by atoms with E-state index in [1.165, 1.54) is 23.3 Å². The van der Waals surface area contributed by atoms with E-state index in [0.717, 1.165) is 0 Å². The molecule has 1 saturated heterocycles. The van der Waals surface area contributed by atoms with E-state index >= 15 is 0 Å². The predicted molar refractivity (Wildman–Crippen MR) is 81.8 cm³/mol. The van der Waals surface area contributed by atoms with E-state index in [4.69, 9.17) is 0 Å². The molecule has 3 heterocycles. The number of hydrogen-bond donors (Lipinski definition) is 3. The maximum Gasteiger partial charge on any atom is 0.322 e. The predicted octanol–water partition coefficient (Wildman–Crippen LogP) is -0.459. The summed E-state index contributed by atoms with van der Waals surface area (Å²) in [4.78, 5) is 54.7. The van der Waals surface area contributed by atoms with Gasteiger partial charge < -0.3 is 15.2 Å². The number of hydrogen-bond acceptors (Lipinski definition) is 6. The Hall–Kier alpha value is -2.75. The number of imide groups is 1. The van der Waals surface area contributed by atoms with Crippen molar-refractivity contribution >= 4 is 39.4 Å². The van der Waals surface area contributed by atoms with Gasteiger partial charge >= 0.3 is 6.03 Å². The van der Waals surface area contributed by atoms with E-state index in [-0.39, 0.29) is 24.4 Å². The summed E-state index contributed by atoms with van der Waals surface area (Å²) in [7, 11) is 1.54. The lowest BCUT2D eigenvalue weighted by molar-refractivity contribution is -0.133. The highest BCUT2D eigenvalue weighted by atomic mass is 32.1. The monoisotopic (exact) mass is 335 g/mol. The van der Waals surface area contributed by atoms with Gasteiger partial charge in [-0.1, -0.05) is 0 Å². The molecule has 120 valence electrons. The number of thiophene rings is 1. The molecule has 0 saturated carbocycles. The third-order valence-electron chi connectivity index (χ3n) is 3.41. The van der Waals surface area contributed by atoms with Crippen molar-refractivity contribution in [1.82, 2.24) is 25.5 Å². The Bertz CT molecular complexity index is 857. The molecule has 0 radical (unpaired) electrons. The highest BCUT2D eigenvalue weighted by Crippen LogP contribution is 2.14. The Morgan fingerprint density at radius 2 is 2.17 bits per heavy atom. The summed E-state index contributed by atoms with van der Waals surface area (Å²) in [6.07, 6.45) is -0.154. The van der Waals surface area contributed by atoms with E-state index in [1.54, 1.807) is 11.4 Å². The largest absolute Gasteiger partial charge is 0.338 e. The molecule has 4 amide bonds. The molecule has 2 aromatic rings. The molecule has 23 heavy (non-hydrogen) atoms. The second kappa shape index (κ2) is 5.80. The van der Waals surface area contributed by atoms with Gasteiger partial charge in [0.1, 0.15) is 16.6 Å². The van der Waals surface area contributed by atoms with Crippen LogP contribution in [0.5, 0.6) is 0 Å². The van der Waals surface area contributed by atoms with E-state index in [1.807, 2.05) is 0 Å². The number of carbonyl (C=O) groups excluding carboxylic acids is 3. The van der Waals surface area contributed by atoms with Gasteiger partial charge in [0.15, 0.2) is 0 Å². The van der Waals surface area contributed by atoms with Gasteiger partial charge in [0.25, 0.3) is 11.5 Å². The number of amides is 4. The SMILES string of the molecule is CN(Cc1nc2ccsc2c(=O)[nH]1)C(=O)CC1NC(=O)NC1=O. The fraction of sp³-hybridized carbons (Fsp3) is 0.308. The molecule has 1 aliphatic heterocycles. The van der Waals surface area contributed by atoms with Crippen LogP contribution >= 0.6 is 11.3 Å². The summed E-state index contributed by atoms with van der Waals surface area (Å²) in [5, 5.41) is 6.20. The lowest BCUT2D eigenvalue weighted by atomic mass is 10.2. The highest BCUT2D eigenvalue weighted by Gasteiger charge is 2.32. The van der Waals surface area contributed by atoms with Crippen molar-refractivity contribution in [3.63, 3.8) is 0 Å². The highest BCUT2D eigenvalue weighted by molar-refractivity contribution is 7.17. The minimum absolute atomic E-state index is 0.0994. The summed E-state index contributed by atoms with van der Waals surface area (Å²) in [6.45, 7) is 0.0994. The van der Waals surface area contributed by atoms with Crippen LogP contribution in [0.4, 0.5) is 4.79 Å². The normalized spacial score (nSPS) is 17.2. The number of urea groups is 1. The molecule has 0 bridgehead atoms. The summed E-state index contributed by atoms with van der Waals surface area (Å²) >= 11 is 1.30. The zero-order chi connectivity index (χ0) is 16.6. The van der Waals surface area contributed by atoms with Crippen LogP contribution in [-0.2, 0) is 16.1 Å². The first-order valence-corrected chi connectivity index (χ1v) is 7.63. The molecular weight excluding hydrogens is 322 g/mol. The van der Waals surface area contributed by atoms with E-state index < -0.39 is 18.0 Å². The summed E-state index contributed by atoms with van der Waals surface area (Å²) in [6, 6.07) is 0.257. The van der Waals surface area contributed by atoms with Crippen LogP contribution in [0.25, 0.3) is 10.2 Å². The lowest BCUT2D eigenvalue weighted by Crippen LogP contribution is -2.37. The van der Waals surface area contributed by atoms with E-state index in [9.17, 15) is 19.2 Å². The minimum atomic E-state index is -0.871. The Balaban J connectivity index is 1.68. The van der Waals surface area contributed by atoms with Crippen LogP contribution in [0.1, 0.15) is 12.2 Å². The van der Waals surface area contributed by atoms with Crippen molar-refractivity contribution in [3.8, 4) is 0 Å². The summed E-state index contributed by atoms with van der Waals surface area (Å²) in [5.41, 5.74) is 0.334. The number of rotatable bonds is 4. The molecule has 1 aliphatic rings. The average molecular weight is 335 g/mol. The molecule has 1 unspecified atom stereocenters. The van der Waals surface area contributed by atoms with Gasteiger partial charge in [0.2, 0.25) is 5.91 Å². The van der Waals surface area contributed by atoms with Gasteiger partial charge in [-0.3, -0.25) is 19.7 Å². The molecule has 10 heteroatoms. The Kier molecular flexibility index (Phi) is 3.82. The second-order valence-corrected chi connectivity index (χ2v) is 6.03. The van der Waals surface area contributed by atoms with Gasteiger partial charge in [-0.25, -0.2) is 9.78 Å². The van der Waals surface area contributed by atoms with E-state index in [0.29, 0.717) is 16.0 Å². The molecule has 9 nitrogen and oxygen atoms in total. The smallest absolute Gasteiger partial charge is 0.322 e. The summed E-state index contributed by atoms with van der Waals surface area (Å²) < 4.78 is 0.535. The minimum Gasteiger partial charge on any atom is -0.338 e. The Morgan fingerprint density at radius 3 is 2.87 bits per heavy atom. The first-order chi connectivity index (χ1) is 10.9. The molecule has 3 N–H and O–H groups in total. The number of aromatic nitrogens is 2. The van der Waals surface area contributed by atoms with Gasteiger partial charge in [-0.2, -0.15) is 0 Å². The van der Waals surface area contributed by atoms with Gasteiger partial charge in [0, 0.05) is 7.05 Å². The number of nitrogens with one attached hydrogen (secondary N) is 3. The van der Waals surface area contributed by atoms with Crippen molar-refractivity contribution in [2.45, 2.75) is 19.0 Å². The lowest BCUT2D eigenvalue weighted by Gasteiger charge is -2.17. The summed E-state index contributed by atoms with van der Waals surface area (Å²) in [5.74, 6) is -0.514. The Labute approximate surface area is 133 Å². The van der Waals surface area contributed by atoms with Crippen molar-refractivity contribution < 1.29 is 14.4 Å². The maximum atomic E-state index is 12.1. The van der Waals surface area contributed by atoms with Crippen molar-refractivity contribution in [1.29, 1.82) is 0 Å². The number of aromatic amines is 1. The zero-order valence-corrected chi connectivity index (χ0v) is 12.9. The molecule has 1 atom stereocenters.